The third kappa shape index (κ3) is 2.99. The van der Waals surface area contributed by atoms with Crippen molar-refractivity contribution in [1.29, 1.82) is 0 Å². The second kappa shape index (κ2) is 4.18. The van der Waals surface area contributed by atoms with E-state index in [9.17, 15) is 4.79 Å². The fourth-order valence-electron chi connectivity index (χ4n) is 0.799. The van der Waals surface area contributed by atoms with Crippen LogP contribution in [0.15, 0.2) is 11.5 Å². The van der Waals surface area contributed by atoms with Crippen molar-refractivity contribution in [2.24, 2.45) is 0 Å². The van der Waals surface area contributed by atoms with Gasteiger partial charge in [-0.2, -0.15) is 0 Å². The summed E-state index contributed by atoms with van der Waals surface area (Å²) in [6, 6.07) is 0. The van der Waals surface area contributed by atoms with E-state index < -0.39 is 5.97 Å². The molecule has 1 aromatic heterocycles. The van der Waals surface area contributed by atoms with Crippen molar-refractivity contribution in [2.75, 3.05) is 0 Å². The van der Waals surface area contributed by atoms with Crippen LogP contribution in [0, 0.1) is 0 Å². The molecule has 0 aromatic carbocycles. The molecule has 0 aliphatic rings. The Bertz CT molecular complexity index is 328. The van der Waals surface area contributed by atoms with E-state index in [0.717, 1.165) is 16.8 Å². The molecule has 1 N–H and O–H groups in total. The highest BCUT2D eigenvalue weighted by molar-refractivity contribution is 7.09. The molecule has 0 unspecified atom stereocenters. The summed E-state index contributed by atoms with van der Waals surface area (Å²) < 4.78 is 0. The van der Waals surface area contributed by atoms with Crippen molar-refractivity contribution in [2.45, 2.75) is 19.8 Å². The number of nitrogens with zero attached hydrogens (tertiary/aromatic N) is 1. The SMILES string of the molecule is CC(C)c1nc(/C=C/C(=O)O)cs1. The van der Waals surface area contributed by atoms with Crippen molar-refractivity contribution >= 4 is 23.4 Å². The molecule has 1 rings (SSSR count). The first-order valence-corrected chi connectivity index (χ1v) is 4.84. The maximum Gasteiger partial charge on any atom is 0.328 e. The number of aliphatic carboxylic acids is 1. The van der Waals surface area contributed by atoms with Crippen LogP contribution in [0.3, 0.4) is 0 Å². The number of rotatable bonds is 3. The number of hydrogen-bond acceptors (Lipinski definition) is 3. The second-order valence-electron chi connectivity index (χ2n) is 2.94. The standard InChI is InChI=1S/C9H11NO2S/c1-6(2)9-10-7(5-13-9)3-4-8(11)12/h3-6H,1-2H3,(H,11,12)/b4-3+. The topological polar surface area (TPSA) is 50.2 Å². The van der Waals surface area contributed by atoms with Crippen molar-refractivity contribution in [1.82, 2.24) is 4.98 Å². The zero-order chi connectivity index (χ0) is 9.84. The van der Waals surface area contributed by atoms with Crippen LogP contribution in [0.4, 0.5) is 0 Å². The van der Waals surface area contributed by atoms with Gasteiger partial charge < -0.3 is 5.11 Å². The lowest BCUT2D eigenvalue weighted by atomic mass is 10.2. The van der Waals surface area contributed by atoms with Crippen LogP contribution >= 0.6 is 11.3 Å². The quantitative estimate of drug-likeness (QED) is 0.757. The molecular weight excluding hydrogens is 186 g/mol. The predicted molar refractivity (Wildman–Crippen MR) is 52.9 cm³/mol. The number of thiazole rings is 1. The Hall–Kier alpha value is -1.16. The van der Waals surface area contributed by atoms with E-state index in [4.69, 9.17) is 5.11 Å². The van der Waals surface area contributed by atoms with E-state index in [-0.39, 0.29) is 0 Å². The maximum absolute atomic E-state index is 10.2. The molecule has 0 spiro atoms. The lowest BCUT2D eigenvalue weighted by Crippen LogP contribution is -1.87. The Labute approximate surface area is 80.7 Å². The third-order valence-electron chi connectivity index (χ3n) is 1.43. The van der Waals surface area contributed by atoms with Crippen molar-refractivity contribution in [3.63, 3.8) is 0 Å². The molecule has 0 saturated heterocycles. The molecule has 0 fully saturated rings. The van der Waals surface area contributed by atoms with Gasteiger partial charge in [-0.3, -0.25) is 0 Å². The van der Waals surface area contributed by atoms with E-state index in [1.807, 2.05) is 5.38 Å². The van der Waals surface area contributed by atoms with E-state index in [1.165, 1.54) is 6.08 Å². The van der Waals surface area contributed by atoms with Gasteiger partial charge in [0, 0.05) is 17.4 Å². The first kappa shape index (κ1) is 9.92. The van der Waals surface area contributed by atoms with Crippen LogP contribution in [-0.4, -0.2) is 16.1 Å². The lowest BCUT2D eigenvalue weighted by Gasteiger charge is -1.94. The van der Waals surface area contributed by atoms with Gasteiger partial charge in [-0.05, 0) is 6.08 Å². The zero-order valence-corrected chi connectivity index (χ0v) is 8.34. The van der Waals surface area contributed by atoms with Gasteiger partial charge in [-0.15, -0.1) is 11.3 Å². The second-order valence-corrected chi connectivity index (χ2v) is 3.83. The Morgan fingerprint density at radius 1 is 1.69 bits per heavy atom. The van der Waals surface area contributed by atoms with Gasteiger partial charge in [-0.25, -0.2) is 9.78 Å². The minimum Gasteiger partial charge on any atom is -0.478 e. The summed E-state index contributed by atoms with van der Waals surface area (Å²) in [5.41, 5.74) is 0.719. The Morgan fingerprint density at radius 2 is 2.38 bits per heavy atom. The summed E-state index contributed by atoms with van der Waals surface area (Å²) in [6.07, 6.45) is 2.60. The van der Waals surface area contributed by atoms with E-state index in [1.54, 1.807) is 11.3 Å². The summed E-state index contributed by atoms with van der Waals surface area (Å²) in [7, 11) is 0. The molecule has 3 nitrogen and oxygen atoms in total. The number of aromatic nitrogens is 1. The normalized spacial score (nSPS) is 11.3. The minimum absolute atomic E-state index is 0.400. The maximum atomic E-state index is 10.2. The largest absolute Gasteiger partial charge is 0.478 e. The van der Waals surface area contributed by atoms with E-state index in [0.29, 0.717) is 5.92 Å². The molecule has 0 bridgehead atoms. The van der Waals surface area contributed by atoms with Gasteiger partial charge in [0.25, 0.3) is 0 Å². The van der Waals surface area contributed by atoms with Crippen LogP contribution in [0.5, 0.6) is 0 Å². The molecule has 0 radical (unpaired) electrons. The van der Waals surface area contributed by atoms with Crippen LogP contribution in [0.25, 0.3) is 6.08 Å². The highest BCUT2D eigenvalue weighted by Crippen LogP contribution is 2.19. The smallest absolute Gasteiger partial charge is 0.328 e. The van der Waals surface area contributed by atoms with Crippen molar-refractivity contribution < 1.29 is 9.90 Å². The molecule has 0 saturated carbocycles. The summed E-state index contributed by atoms with van der Waals surface area (Å²) in [6.45, 7) is 4.12. The fourth-order valence-corrected chi connectivity index (χ4v) is 1.60. The lowest BCUT2D eigenvalue weighted by molar-refractivity contribution is -0.131. The summed E-state index contributed by atoms with van der Waals surface area (Å²) in [5, 5.41) is 11.3. The van der Waals surface area contributed by atoms with Gasteiger partial charge in [0.15, 0.2) is 0 Å². The van der Waals surface area contributed by atoms with E-state index in [2.05, 4.69) is 18.8 Å². The molecule has 4 heteroatoms. The van der Waals surface area contributed by atoms with Gasteiger partial charge in [0.1, 0.15) is 0 Å². The highest BCUT2D eigenvalue weighted by atomic mass is 32.1. The Balaban J connectivity index is 2.75. The van der Waals surface area contributed by atoms with Crippen LogP contribution in [0.2, 0.25) is 0 Å². The van der Waals surface area contributed by atoms with Gasteiger partial charge >= 0.3 is 5.97 Å². The number of carboxylic acid groups (broad SMARTS) is 1. The molecule has 0 atom stereocenters. The number of hydrogen-bond donors (Lipinski definition) is 1. The monoisotopic (exact) mass is 197 g/mol. The van der Waals surface area contributed by atoms with Crippen molar-refractivity contribution in [3.05, 3.63) is 22.2 Å². The van der Waals surface area contributed by atoms with E-state index >= 15 is 0 Å². The minimum atomic E-state index is -0.945. The average molecular weight is 197 g/mol. The number of carbonyl (C=O) groups is 1. The van der Waals surface area contributed by atoms with Crippen LogP contribution in [0.1, 0.15) is 30.5 Å². The van der Waals surface area contributed by atoms with Gasteiger partial charge in [0.2, 0.25) is 0 Å². The van der Waals surface area contributed by atoms with Gasteiger partial charge in [-0.1, -0.05) is 13.8 Å². The van der Waals surface area contributed by atoms with Crippen LogP contribution < -0.4 is 0 Å². The molecule has 0 aliphatic carbocycles. The molecular formula is C9H11NO2S. The molecule has 1 aromatic rings. The van der Waals surface area contributed by atoms with Crippen LogP contribution in [-0.2, 0) is 4.79 Å². The highest BCUT2D eigenvalue weighted by Gasteiger charge is 2.03. The first-order valence-electron chi connectivity index (χ1n) is 3.96. The Morgan fingerprint density at radius 3 is 2.85 bits per heavy atom. The predicted octanol–water partition coefficient (Wildman–Crippen LogP) is 2.36. The first-order chi connectivity index (χ1) is 6.09. The third-order valence-corrected chi connectivity index (χ3v) is 2.59. The van der Waals surface area contributed by atoms with Gasteiger partial charge in [0.05, 0.1) is 10.7 Å². The molecule has 0 aliphatic heterocycles. The molecule has 1 heterocycles. The Kier molecular flexibility index (Phi) is 3.19. The fraction of sp³-hybridized carbons (Fsp3) is 0.333. The molecule has 0 amide bonds. The zero-order valence-electron chi connectivity index (χ0n) is 7.52. The summed E-state index contributed by atoms with van der Waals surface area (Å²) in [5.74, 6) is -0.545. The average Bonchev–Trinajstić information content (AvgIpc) is 2.48. The summed E-state index contributed by atoms with van der Waals surface area (Å²) >= 11 is 1.55. The number of carboxylic acids is 1. The van der Waals surface area contributed by atoms with Crippen molar-refractivity contribution in [3.8, 4) is 0 Å². The summed E-state index contributed by atoms with van der Waals surface area (Å²) in [4.78, 5) is 14.5. The molecule has 70 valence electrons. The molecule has 13 heavy (non-hydrogen) atoms.